The number of hydrogen-bond donors (Lipinski definition) is 3. The van der Waals surface area contributed by atoms with E-state index in [0.29, 0.717) is 6.42 Å². The van der Waals surface area contributed by atoms with E-state index in [1.54, 1.807) is 7.05 Å². The Labute approximate surface area is 172 Å². The first-order valence-electron chi connectivity index (χ1n) is 9.91. The second-order valence-corrected chi connectivity index (χ2v) is 7.29. The van der Waals surface area contributed by atoms with Gasteiger partial charge in [-0.1, -0.05) is 55.5 Å². The highest BCUT2D eigenvalue weighted by Gasteiger charge is 2.21. The van der Waals surface area contributed by atoms with Crippen molar-refractivity contribution in [2.45, 2.75) is 32.7 Å². The van der Waals surface area contributed by atoms with E-state index in [0.717, 1.165) is 28.1 Å². The van der Waals surface area contributed by atoms with E-state index in [2.05, 4.69) is 10.6 Å². The Kier molecular flexibility index (Phi) is 8.55. The number of quaternary nitrogens is 1. The van der Waals surface area contributed by atoms with Crippen molar-refractivity contribution in [3.05, 3.63) is 65.7 Å². The van der Waals surface area contributed by atoms with Gasteiger partial charge in [-0.3, -0.25) is 14.4 Å². The lowest BCUT2D eigenvalue weighted by molar-refractivity contribution is -0.862. The van der Waals surface area contributed by atoms with Crippen LogP contribution in [0.5, 0.6) is 0 Å². The molecule has 2 atom stereocenters. The standard InChI is InChI=1S/C23H29N3O3/c1-4-19-12-8-9-13-20(19)24-22(28)15-26(3)16-23(29)25-21(17(2)27)14-18-10-6-5-7-11-18/h5-13,21H,4,14-16H2,1-3H3,(H,24,28)(H,25,29)/p+1/t21-/m1/s1. The van der Waals surface area contributed by atoms with Gasteiger partial charge in [0.05, 0.1) is 13.1 Å². The van der Waals surface area contributed by atoms with Crippen molar-refractivity contribution in [1.82, 2.24) is 5.32 Å². The molecule has 154 valence electrons. The number of carbonyl (C=O) groups excluding carboxylic acids is 3. The number of ketones is 1. The summed E-state index contributed by atoms with van der Waals surface area (Å²) >= 11 is 0. The number of Topliss-reactive ketones (excluding diaryl/α,β-unsaturated/α-hetero) is 1. The Morgan fingerprint density at radius 3 is 2.21 bits per heavy atom. The molecule has 0 heterocycles. The van der Waals surface area contributed by atoms with Crippen LogP contribution in [-0.4, -0.2) is 43.8 Å². The number of rotatable bonds is 10. The van der Waals surface area contributed by atoms with Crippen molar-refractivity contribution in [2.75, 3.05) is 25.5 Å². The van der Waals surface area contributed by atoms with Crippen LogP contribution in [0, 0.1) is 0 Å². The first-order chi connectivity index (χ1) is 13.9. The molecule has 6 nitrogen and oxygen atoms in total. The number of anilines is 1. The molecule has 6 heteroatoms. The minimum Gasteiger partial charge on any atom is -0.341 e. The fourth-order valence-corrected chi connectivity index (χ4v) is 3.15. The number of aryl methyl sites for hydroxylation is 1. The Morgan fingerprint density at radius 1 is 0.931 bits per heavy atom. The van der Waals surface area contributed by atoms with Crippen LogP contribution in [0.2, 0.25) is 0 Å². The summed E-state index contributed by atoms with van der Waals surface area (Å²) in [6, 6.07) is 16.7. The number of para-hydroxylation sites is 1. The molecule has 0 saturated carbocycles. The van der Waals surface area contributed by atoms with Gasteiger partial charge in [-0.05, 0) is 37.0 Å². The van der Waals surface area contributed by atoms with E-state index in [9.17, 15) is 14.4 Å². The van der Waals surface area contributed by atoms with Gasteiger partial charge in [0.1, 0.15) is 0 Å². The van der Waals surface area contributed by atoms with Crippen molar-refractivity contribution in [3.8, 4) is 0 Å². The topological polar surface area (TPSA) is 79.7 Å². The maximum absolute atomic E-state index is 12.4. The smallest absolute Gasteiger partial charge is 0.279 e. The zero-order chi connectivity index (χ0) is 21.2. The predicted octanol–water partition coefficient (Wildman–Crippen LogP) is 1.02. The number of benzene rings is 2. The third kappa shape index (κ3) is 7.50. The molecular weight excluding hydrogens is 366 g/mol. The lowest BCUT2D eigenvalue weighted by Crippen LogP contribution is -3.11. The van der Waals surface area contributed by atoms with Crippen LogP contribution in [0.25, 0.3) is 0 Å². The maximum Gasteiger partial charge on any atom is 0.279 e. The van der Waals surface area contributed by atoms with Crippen LogP contribution < -0.4 is 15.5 Å². The molecule has 2 rings (SSSR count). The number of likely N-dealkylation sites (N-methyl/N-ethyl adjacent to an activating group) is 1. The van der Waals surface area contributed by atoms with Crippen LogP contribution in [0.3, 0.4) is 0 Å². The summed E-state index contributed by atoms with van der Waals surface area (Å²) in [5.41, 5.74) is 2.86. The Hall–Kier alpha value is -2.99. The molecule has 0 aliphatic heterocycles. The quantitative estimate of drug-likeness (QED) is 0.561. The van der Waals surface area contributed by atoms with Gasteiger partial charge < -0.3 is 15.5 Å². The molecule has 0 fully saturated rings. The summed E-state index contributed by atoms with van der Waals surface area (Å²) < 4.78 is 0. The molecular formula is C23H30N3O3+. The maximum atomic E-state index is 12.4. The average Bonchev–Trinajstić information content (AvgIpc) is 2.68. The summed E-state index contributed by atoms with van der Waals surface area (Å²) in [6.07, 6.45) is 1.28. The van der Waals surface area contributed by atoms with Crippen LogP contribution in [0.4, 0.5) is 5.69 Å². The summed E-state index contributed by atoms with van der Waals surface area (Å²) in [5, 5.41) is 5.71. The molecule has 29 heavy (non-hydrogen) atoms. The van der Waals surface area contributed by atoms with Crippen LogP contribution in [0.15, 0.2) is 54.6 Å². The summed E-state index contributed by atoms with van der Waals surface area (Å²) in [4.78, 5) is 37.4. The first-order valence-corrected chi connectivity index (χ1v) is 9.91. The fourth-order valence-electron chi connectivity index (χ4n) is 3.15. The molecule has 0 spiro atoms. The number of hydrogen-bond acceptors (Lipinski definition) is 3. The van der Waals surface area contributed by atoms with E-state index in [-0.39, 0.29) is 30.7 Å². The Balaban J connectivity index is 1.85. The monoisotopic (exact) mass is 396 g/mol. The van der Waals surface area contributed by atoms with E-state index >= 15 is 0 Å². The molecule has 1 unspecified atom stereocenters. The van der Waals surface area contributed by atoms with E-state index in [4.69, 9.17) is 0 Å². The van der Waals surface area contributed by atoms with Gasteiger partial charge >= 0.3 is 0 Å². The van der Waals surface area contributed by atoms with Crippen molar-refractivity contribution >= 4 is 23.3 Å². The molecule has 2 amide bonds. The molecule has 2 aromatic carbocycles. The molecule has 0 saturated heterocycles. The summed E-state index contributed by atoms with van der Waals surface area (Å²) in [5.74, 6) is -0.488. The molecule has 2 aromatic rings. The lowest BCUT2D eigenvalue weighted by Gasteiger charge is -2.18. The highest BCUT2D eigenvalue weighted by atomic mass is 16.2. The van der Waals surface area contributed by atoms with Gasteiger partial charge in [0.2, 0.25) is 0 Å². The Morgan fingerprint density at radius 2 is 1.55 bits per heavy atom. The molecule has 3 N–H and O–H groups in total. The number of nitrogens with one attached hydrogen (secondary N) is 3. The minimum atomic E-state index is -0.567. The van der Waals surface area contributed by atoms with Crippen LogP contribution >= 0.6 is 0 Å². The van der Waals surface area contributed by atoms with Gasteiger partial charge in [0.25, 0.3) is 11.8 Å². The van der Waals surface area contributed by atoms with Gasteiger partial charge in [0.15, 0.2) is 18.9 Å². The third-order valence-electron chi connectivity index (χ3n) is 4.71. The van der Waals surface area contributed by atoms with Crippen molar-refractivity contribution in [3.63, 3.8) is 0 Å². The second kappa shape index (κ2) is 11.1. The zero-order valence-electron chi connectivity index (χ0n) is 17.3. The highest BCUT2D eigenvalue weighted by molar-refractivity contribution is 5.92. The third-order valence-corrected chi connectivity index (χ3v) is 4.71. The van der Waals surface area contributed by atoms with Crippen molar-refractivity contribution in [2.24, 2.45) is 0 Å². The van der Waals surface area contributed by atoms with Gasteiger partial charge in [0, 0.05) is 5.69 Å². The number of amides is 2. The fraction of sp³-hybridized carbons (Fsp3) is 0.348. The summed E-state index contributed by atoms with van der Waals surface area (Å²) in [6.45, 7) is 3.78. The lowest BCUT2D eigenvalue weighted by atomic mass is 10.0. The summed E-state index contributed by atoms with van der Waals surface area (Å²) in [7, 11) is 1.78. The van der Waals surface area contributed by atoms with E-state index in [1.165, 1.54) is 6.92 Å². The second-order valence-electron chi connectivity index (χ2n) is 7.29. The first kappa shape index (κ1) is 22.3. The van der Waals surface area contributed by atoms with Gasteiger partial charge in [-0.2, -0.15) is 0 Å². The molecule has 0 bridgehead atoms. The van der Waals surface area contributed by atoms with Gasteiger partial charge in [-0.25, -0.2) is 0 Å². The average molecular weight is 397 g/mol. The SMILES string of the molecule is CCc1ccccc1NC(=O)C[NH+](C)CC(=O)N[C@H](Cc1ccccc1)C(C)=O. The van der Waals surface area contributed by atoms with Crippen LogP contribution in [-0.2, 0) is 27.2 Å². The highest BCUT2D eigenvalue weighted by Crippen LogP contribution is 2.14. The molecule has 0 aliphatic rings. The van der Waals surface area contributed by atoms with E-state index < -0.39 is 6.04 Å². The van der Waals surface area contributed by atoms with Crippen molar-refractivity contribution < 1.29 is 19.3 Å². The zero-order valence-corrected chi connectivity index (χ0v) is 17.3. The Bertz CT molecular complexity index is 836. The van der Waals surface area contributed by atoms with Gasteiger partial charge in [-0.15, -0.1) is 0 Å². The predicted molar refractivity (Wildman–Crippen MR) is 114 cm³/mol. The molecule has 0 aliphatic carbocycles. The largest absolute Gasteiger partial charge is 0.341 e. The van der Waals surface area contributed by atoms with Crippen molar-refractivity contribution in [1.29, 1.82) is 0 Å². The molecule has 0 radical (unpaired) electrons. The minimum absolute atomic E-state index is 0.0891. The molecule has 0 aromatic heterocycles. The normalized spacial score (nSPS) is 12.7. The van der Waals surface area contributed by atoms with E-state index in [1.807, 2.05) is 61.5 Å². The number of carbonyl (C=O) groups is 3. The van der Waals surface area contributed by atoms with Crippen LogP contribution in [0.1, 0.15) is 25.0 Å².